The van der Waals surface area contributed by atoms with Gasteiger partial charge in [0, 0.05) is 11.8 Å². The maximum absolute atomic E-state index is 12.5. The molecule has 23 heavy (non-hydrogen) atoms. The van der Waals surface area contributed by atoms with Gasteiger partial charge in [-0.2, -0.15) is 0 Å². The molecule has 5 nitrogen and oxygen atoms in total. The van der Waals surface area contributed by atoms with Crippen LogP contribution in [0.2, 0.25) is 0 Å². The summed E-state index contributed by atoms with van der Waals surface area (Å²) in [5.41, 5.74) is -0.556. The zero-order valence-corrected chi connectivity index (χ0v) is 14.9. The number of rotatable bonds is 1. The molecule has 0 aromatic heterocycles. The van der Waals surface area contributed by atoms with Gasteiger partial charge in [-0.3, -0.25) is 4.79 Å². The summed E-state index contributed by atoms with van der Waals surface area (Å²) in [5, 5.41) is 10.9. The summed E-state index contributed by atoms with van der Waals surface area (Å²) >= 11 is 0. The predicted octanol–water partition coefficient (Wildman–Crippen LogP) is 2.30. The molecule has 132 valence electrons. The van der Waals surface area contributed by atoms with Gasteiger partial charge in [-0.25, -0.2) is 0 Å². The summed E-state index contributed by atoms with van der Waals surface area (Å²) in [6.07, 6.45) is 2.11. The Balaban J connectivity index is 1.94. The summed E-state index contributed by atoms with van der Waals surface area (Å²) in [6, 6.07) is 0. The van der Waals surface area contributed by atoms with Gasteiger partial charge in [0.2, 0.25) is 0 Å². The Morgan fingerprint density at radius 3 is 1.83 bits per heavy atom. The van der Waals surface area contributed by atoms with E-state index in [1.807, 2.05) is 27.7 Å². The average molecular weight is 326 g/mol. The first-order chi connectivity index (χ1) is 10.7. The van der Waals surface area contributed by atoms with E-state index in [1.54, 1.807) is 0 Å². The third-order valence-electron chi connectivity index (χ3n) is 5.98. The van der Waals surface area contributed by atoms with Crippen molar-refractivity contribution in [3.05, 3.63) is 0 Å². The number of fused-ring (bicyclic) bond motifs is 2. The van der Waals surface area contributed by atoms with E-state index in [2.05, 4.69) is 0 Å². The molecule has 0 radical (unpaired) electrons. The molecule has 0 amide bonds. The highest BCUT2D eigenvalue weighted by Crippen LogP contribution is 2.51. The van der Waals surface area contributed by atoms with Crippen LogP contribution in [0.1, 0.15) is 53.4 Å². The number of ether oxygens (including phenoxy) is 3. The molecule has 2 aliphatic heterocycles. The molecular weight excluding hydrogens is 296 g/mol. The second-order valence-corrected chi connectivity index (χ2v) is 8.63. The lowest BCUT2D eigenvalue weighted by atomic mass is 9.61. The van der Waals surface area contributed by atoms with E-state index in [-0.39, 0.29) is 47.1 Å². The van der Waals surface area contributed by atoms with Crippen LogP contribution in [0.3, 0.4) is 0 Å². The maximum atomic E-state index is 12.5. The summed E-state index contributed by atoms with van der Waals surface area (Å²) in [5.74, 6) is -0.410. The van der Waals surface area contributed by atoms with Crippen molar-refractivity contribution < 1.29 is 24.1 Å². The van der Waals surface area contributed by atoms with Crippen molar-refractivity contribution >= 4 is 5.97 Å². The first-order valence-electron chi connectivity index (χ1n) is 8.77. The van der Waals surface area contributed by atoms with Crippen molar-refractivity contribution in [2.75, 3.05) is 7.11 Å². The highest BCUT2D eigenvalue weighted by atomic mass is 16.6. The van der Waals surface area contributed by atoms with Crippen molar-refractivity contribution in [2.24, 2.45) is 17.8 Å². The Labute approximate surface area is 138 Å². The number of aliphatic hydroxyl groups excluding tert-OH is 1. The first kappa shape index (κ1) is 17.2. The third kappa shape index (κ3) is 3.03. The molecule has 0 spiro atoms. The minimum atomic E-state index is -0.690. The Kier molecular flexibility index (Phi) is 4.27. The second-order valence-electron chi connectivity index (χ2n) is 8.63. The summed E-state index contributed by atoms with van der Waals surface area (Å²) in [4.78, 5) is 12.5. The minimum Gasteiger partial charge on any atom is -0.469 e. The van der Waals surface area contributed by atoms with Crippen molar-refractivity contribution in [2.45, 2.75) is 82.9 Å². The lowest BCUT2D eigenvalue weighted by Crippen LogP contribution is -2.65. The van der Waals surface area contributed by atoms with Crippen LogP contribution in [0.5, 0.6) is 0 Å². The van der Waals surface area contributed by atoms with Gasteiger partial charge in [0.15, 0.2) is 0 Å². The Bertz CT molecular complexity index is 438. The lowest BCUT2D eigenvalue weighted by molar-refractivity contribution is -0.276. The molecule has 3 rings (SSSR count). The molecule has 5 heteroatoms. The van der Waals surface area contributed by atoms with Gasteiger partial charge in [0.1, 0.15) is 6.10 Å². The Morgan fingerprint density at radius 2 is 1.43 bits per heavy atom. The van der Waals surface area contributed by atoms with Crippen LogP contribution in [-0.2, 0) is 19.0 Å². The lowest BCUT2D eigenvalue weighted by Gasteiger charge is -2.56. The monoisotopic (exact) mass is 326 g/mol. The van der Waals surface area contributed by atoms with Crippen LogP contribution in [0.15, 0.2) is 0 Å². The quantitative estimate of drug-likeness (QED) is 0.749. The normalized spacial score (nSPS) is 44.8. The second kappa shape index (κ2) is 5.71. The molecule has 0 aromatic carbocycles. The molecule has 3 fully saturated rings. The molecule has 3 aliphatic rings. The fourth-order valence-corrected chi connectivity index (χ4v) is 4.79. The van der Waals surface area contributed by atoms with Crippen LogP contribution in [0.25, 0.3) is 0 Å². The van der Waals surface area contributed by atoms with Crippen molar-refractivity contribution in [3.8, 4) is 0 Å². The van der Waals surface area contributed by atoms with E-state index in [0.717, 1.165) is 25.7 Å². The summed E-state index contributed by atoms with van der Waals surface area (Å²) in [7, 11) is 1.44. The zero-order chi connectivity index (χ0) is 17.0. The SMILES string of the molecule is COC(=O)C1C2CCC(C)(C)OC2C(O)C2OC(C)(C)CCC21. The molecule has 2 saturated heterocycles. The zero-order valence-electron chi connectivity index (χ0n) is 14.9. The van der Waals surface area contributed by atoms with Gasteiger partial charge in [0.05, 0.1) is 36.4 Å². The van der Waals surface area contributed by atoms with E-state index in [1.165, 1.54) is 7.11 Å². The standard InChI is InChI=1S/C18H30O5/c1-17(2)8-6-10-12(16(20)21-5)11-7-9-18(3,4)23-15(11)13(19)14(10)22-17/h10-15,19H,6-9H2,1-5H3. The number of aliphatic hydroxyl groups is 1. The molecular formula is C18H30O5. The maximum Gasteiger partial charge on any atom is 0.309 e. The largest absolute Gasteiger partial charge is 0.469 e. The predicted molar refractivity (Wildman–Crippen MR) is 84.9 cm³/mol. The highest BCUT2D eigenvalue weighted by Gasteiger charge is 2.58. The van der Waals surface area contributed by atoms with Crippen molar-refractivity contribution in [3.63, 3.8) is 0 Å². The average Bonchev–Trinajstić information content (AvgIpc) is 2.47. The molecule has 0 bridgehead atoms. The summed E-state index contributed by atoms with van der Waals surface area (Å²) in [6.45, 7) is 8.17. The fourth-order valence-electron chi connectivity index (χ4n) is 4.79. The van der Waals surface area contributed by atoms with Crippen LogP contribution in [0, 0.1) is 17.8 Å². The Hall–Kier alpha value is -0.650. The van der Waals surface area contributed by atoms with Gasteiger partial charge in [0.25, 0.3) is 0 Å². The van der Waals surface area contributed by atoms with Gasteiger partial charge in [-0.15, -0.1) is 0 Å². The molecule has 4 unspecified atom stereocenters. The Morgan fingerprint density at radius 1 is 1.00 bits per heavy atom. The molecule has 0 aromatic rings. The number of hydrogen-bond donors (Lipinski definition) is 1. The van der Waals surface area contributed by atoms with Gasteiger partial charge in [-0.1, -0.05) is 0 Å². The molecule has 4 atom stereocenters. The number of esters is 1. The molecule has 2 heterocycles. The molecule has 1 saturated carbocycles. The smallest absolute Gasteiger partial charge is 0.309 e. The van der Waals surface area contributed by atoms with Gasteiger partial charge in [-0.05, 0) is 53.4 Å². The number of carbonyl (C=O) groups is 1. The van der Waals surface area contributed by atoms with Crippen molar-refractivity contribution in [1.29, 1.82) is 0 Å². The van der Waals surface area contributed by atoms with Crippen LogP contribution >= 0.6 is 0 Å². The van der Waals surface area contributed by atoms with Crippen LogP contribution < -0.4 is 0 Å². The topological polar surface area (TPSA) is 65.0 Å². The van der Waals surface area contributed by atoms with E-state index in [4.69, 9.17) is 14.2 Å². The number of hydrogen-bond acceptors (Lipinski definition) is 5. The fraction of sp³-hybridized carbons (Fsp3) is 0.944. The summed E-state index contributed by atoms with van der Waals surface area (Å²) < 4.78 is 17.5. The van der Waals surface area contributed by atoms with Crippen LogP contribution in [0.4, 0.5) is 0 Å². The third-order valence-corrected chi connectivity index (χ3v) is 5.98. The number of carbonyl (C=O) groups excluding carboxylic acids is 1. The molecule has 1 aliphatic carbocycles. The van der Waals surface area contributed by atoms with E-state index in [9.17, 15) is 9.90 Å². The van der Waals surface area contributed by atoms with E-state index in [0.29, 0.717) is 0 Å². The van der Waals surface area contributed by atoms with E-state index >= 15 is 0 Å². The van der Waals surface area contributed by atoms with E-state index < -0.39 is 6.10 Å². The van der Waals surface area contributed by atoms with Gasteiger partial charge < -0.3 is 19.3 Å². The highest BCUT2D eigenvalue weighted by molar-refractivity contribution is 5.73. The first-order valence-corrected chi connectivity index (χ1v) is 8.77. The molecule has 1 N–H and O–H groups in total. The van der Waals surface area contributed by atoms with Crippen LogP contribution in [-0.4, -0.2) is 47.7 Å². The van der Waals surface area contributed by atoms with Crippen molar-refractivity contribution in [1.82, 2.24) is 0 Å². The minimum absolute atomic E-state index is 0.0107. The number of methoxy groups -OCH3 is 1. The van der Waals surface area contributed by atoms with Gasteiger partial charge >= 0.3 is 5.97 Å².